The molecule has 0 spiro atoms. The summed E-state index contributed by atoms with van der Waals surface area (Å²) in [5, 5.41) is 7.74. The van der Waals surface area contributed by atoms with E-state index in [1.165, 1.54) is 11.5 Å². The maximum absolute atomic E-state index is 12.0. The molecule has 1 aromatic carbocycles. The fourth-order valence-electron chi connectivity index (χ4n) is 3.74. The Hall–Kier alpha value is -3.85. The highest BCUT2D eigenvalue weighted by atomic mass is 32.1. The summed E-state index contributed by atoms with van der Waals surface area (Å²) in [5.74, 6) is 1.54. The number of fused-ring (bicyclic) bond motifs is 1. The van der Waals surface area contributed by atoms with Crippen molar-refractivity contribution in [3.8, 4) is 5.69 Å². The quantitative estimate of drug-likeness (QED) is 0.352. The van der Waals surface area contributed by atoms with E-state index in [1.807, 2.05) is 74.4 Å². The zero-order valence-electron chi connectivity index (χ0n) is 18.6. The fraction of sp³-hybridized carbons (Fsp3) is 0.208. The monoisotopic (exact) mass is 457 g/mol. The third-order valence-corrected chi connectivity index (χ3v) is 6.22. The molecule has 4 aromatic heterocycles. The molecule has 33 heavy (non-hydrogen) atoms. The van der Waals surface area contributed by atoms with Crippen LogP contribution < -0.4 is 5.32 Å². The van der Waals surface area contributed by atoms with E-state index < -0.39 is 0 Å². The number of carbonyl (C=O) groups is 1. The maximum Gasteiger partial charge on any atom is 0.162 e. The fourth-order valence-corrected chi connectivity index (χ4v) is 4.47. The molecule has 5 aromatic rings. The second-order valence-electron chi connectivity index (χ2n) is 7.87. The van der Waals surface area contributed by atoms with Gasteiger partial charge in [0.05, 0.1) is 23.1 Å². The number of ketones is 1. The number of rotatable bonds is 7. The van der Waals surface area contributed by atoms with Crippen LogP contribution in [0.25, 0.3) is 16.7 Å². The lowest BCUT2D eigenvalue weighted by molar-refractivity contribution is 0.0988. The number of benzene rings is 1. The molecule has 5 rings (SSSR count). The Morgan fingerprint density at radius 3 is 2.64 bits per heavy atom. The lowest BCUT2D eigenvalue weighted by Gasteiger charge is -2.12. The van der Waals surface area contributed by atoms with Crippen molar-refractivity contribution in [1.82, 2.24) is 28.7 Å². The number of nitrogens with one attached hydrogen (secondary N) is 1. The first-order valence-electron chi connectivity index (χ1n) is 10.7. The van der Waals surface area contributed by atoms with Crippen LogP contribution in [0, 0.1) is 6.92 Å². The van der Waals surface area contributed by atoms with E-state index in [-0.39, 0.29) is 5.78 Å². The summed E-state index contributed by atoms with van der Waals surface area (Å²) in [6.45, 7) is 3.85. The number of hydrogen-bond acceptors (Lipinski definition) is 7. The number of anilines is 2. The minimum atomic E-state index is 0.124. The maximum atomic E-state index is 12.0. The van der Waals surface area contributed by atoms with E-state index in [9.17, 15) is 4.79 Å². The zero-order chi connectivity index (χ0) is 22.9. The Balaban J connectivity index is 1.58. The van der Waals surface area contributed by atoms with Crippen molar-refractivity contribution in [2.75, 3.05) is 5.32 Å². The summed E-state index contributed by atoms with van der Waals surface area (Å²) in [5.41, 5.74) is 5.18. The third kappa shape index (κ3) is 4.27. The normalized spacial score (nSPS) is 11.2. The first-order valence-corrected chi connectivity index (χ1v) is 11.5. The molecule has 0 bridgehead atoms. The van der Waals surface area contributed by atoms with Crippen molar-refractivity contribution < 1.29 is 4.79 Å². The number of carbonyl (C=O) groups excluding carboxylic acids is 1. The molecule has 0 amide bonds. The van der Waals surface area contributed by atoms with E-state index in [0.29, 0.717) is 24.2 Å². The molecule has 0 radical (unpaired) electrons. The van der Waals surface area contributed by atoms with Gasteiger partial charge in [0.1, 0.15) is 11.3 Å². The zero-order valence-corrected chi connectivity index (χ0v) is 19.4. The van der Waals surface area contributed by atoms with Gasteiger partial charge in [-0.15, -0.1) is 0 Å². The van der Waals surface area contributed by atoms with Crippen molar-refractivity contribution >= 4 is 39.9 Å². The van der Waals surface area contributed by atoms with Crippen molar-refractivity contribution in [2.24, 2.45) is 7.05 Å². The van der Waals surface area contributed by atoms with Crippen molar-refractivity contribution in [3.63, 3.8) is 0 Å². The van der Waals surface area contributed by atoms with Gasteiger partial charge in [0.25, 0.3) is 0 Å². The summed E-state index contributed by atoms with van der Waals surface area (Å²) >= 11 is 1.47. The third-order valence-electron chi connectivity index (χ3n) is 5.35. The predicted octanol–water partition coefficient (Wildman–Crippen LogP) is 4.85. The van der Waals surface area contributed by atoms with Crippen molar-refractivity contribution in [3.05, 3.63) is 76.9 Å². The van der Waals surface area contributed by atoms with Gasteiger partial charge in [0.2, 0.25) is 0 Å². The molecule has 0 saturated heterocycles. The highest BCUT2D eigenvalue weighted by molar-refractivity contribution is 7.05. The molecular formula is C24H23N7OS. The molecule has 0 unspecified atom stereocenters. The molecule has 9 heteroatoms. The van der Waals surface area contributed by atoms with Crippen molar-refractivity contribution in [1.29, 1.82) is 0 Å². The second-order valence-corrected chi connectivity index (χ2v) is 8.76. The molecule has 0 aliphatic heterocycles. The van der Waals surface area contributed by atoms with Crippen LogP contribution in [-0.2, 0) is 13.5 Å². The van der Waals surface area contributed by atoms with Crippen LogP contribution in [0.5, 0.6) is 0 Å². The molecule has 166 valence electrons. The van der Waals surface area contributed by atoms with Gasteiger partial charge in [-0.05, 0) is 54.9 Å². The SMILES string of the molecule is CCC(=O)c1ccc(Nc2nc(Cc3cc(C)ns3)nc3ccn(-c4cnn(C)c4)c23)cc1. The summed E-state index contributed by atoms with van der Waals surface area (Å²) < 4.78 is 8.16. The number of hydrogen-bond donors (Lipinski definition) is 1. The Morgan fingerprint density at radius 1 is 1.15 bits per heavy atom. The van der Waals surface area contributed by atoms with E-state index >= 15 is 0 Å². The van der Waals surface area contributed by atoms with E-state index in [1.54, 1.807) is 4.68 Å². The van der Waals surface area contributed by atoms with Gasteiger partial charge in [0, 0.05) is 48.4 Å². The largest absolute Gasteiger partial charge is 0.338 e. The van der Waals surface area contributed by atoms with E-state index in [0.717, 1.165) is 38.8 Å². The summed E-state index contributed by atoms with van der Waals surface area (Å²) in [7, 11) is 1.89. The van der Waals surface area contributed by atoms with Gasteiger partial charge < -0.3 is 9.88 Å². The minimum Gasteiger partial charge on any atom is -0.338 e. The first-order chi connectivity index (χ1) is 16.0. The van der Waals surface area contributed by atoms with Gasteiger partial charge in [0.15, 0.2) is 11.6 Å². The first kappa shape index (κ1) is 21.0. The molecule has 0 saturated carbocycles. The lowest BCUT2D eigenvalue weighted by atomic mass is 10.1. The van der Waals surface area contributed by atoms with Gasteiger partial charge in [-0.2, -0.15) is 9.47 Å². The molecule has 0 atom stereocenters. The van der Waals surface area contributed by atoms with Crippen LogP contribution in [0.2, 0.25) is 0 Å². The predicted molar refractivity (Wildman–Crippen MR) is 130 cm³/mol. The molecule has 0 aliphatic carbocycles. The average Bonchev–Trinajstić information content (AvgIpc) is 3.53. The van der Waals surface area contributed by atoms with Crippen LogP contribution in [0.3, 0.4) is 0 Å². The molecule has 0 fully saturated rings. The van der Waals surface area contributed by atoms with E-state index in [4.69, 9.17) is 9.97 Å². The highest BCUT2D eigenvalue weighted by Gasteiger charge is 2.16. The molecule has 4 heterocycles. The lowest BCUT2D eigenvalue weighted by Crippen LogP contribution is -2.04. The van der Waals surface area contributed by atoms with Crippen LogP contribution in [0.1, 0.15) is 40.1 Å². The Bertz CT molecular complexity index is 1450. The molecule has 8 nitrogen and oxygen atoms in total. The standard InChI is InChI=1S/C24H23N7OS/c1-4-21(32)16-5-7-17(8-6-16)26-24-23-20(9-10-31(23)18-13-25-30(3)14-18)27-22(28-24)12-19-11-15(2)29-33-19/h5-11,13-14H,4,12H2,1-3H3,(H,26,27,28). The average molecular weight is 458 g/mol. The summed E-state index contributed by atoms with van der Waals surface area (Å²) in [6.07, 6.45) is 6.83. The van der Waals surface area contributed by atoms with E-state index in [2.05, 4.69) is 20.9 Å². The number of aryl methyl sites for hydroxylation is 2. The second kappa shape index (κ2) is 8.59. The molecule has 0 aliphatic rings. The van der Waals surface area contributed by atoms with Crippen LogP contribution in [0.4, 0.5) is 11.5 Å². The van der Waals surface area contributed by atoms with Crippen LogP contribution in [0.15, 0.2) is 55.0 Å². The van der Waals surface area contributed by atoms with Crippen LogP contribution >= 0.6 is 11.5 Å². The summed E-state index contributed by atoms with van der Waals surface area (Å²) in [4.78, 5) is 22.8. The number of nitrogens with zero attached hydrogens (tertiary/aromatic N) is 6. The summed E-state index contributed by atoms with van der Waals surface area (Å²) in [6, 6.07) is 11.5. The number of aromatic nitrogens is 6. The highest BCUT2D eigenvalue weighted by Crippen LogP contribution is 2.28. The van der Waals surface area contributed by atoms with Crippen molar-refractivity contribution in [2.45, 2.75) is 26.7 Å². The van der Waals surface area contributed by atoms with Gasteiger partial charge in [-0.1, -0.05) is 6.92 Å². The minimum absolute atomic E-state index is 0.124. The molecule has 1 N–H and O–H groups in total. The van der Waals surface area contributed by atoms with Gasteiger partial charge in [-0.25, -0.2) is 9.97 Å². The van der Waals surface area contributed by atoms with Crippen LogP contribution in [-0.4, -0.2) is 34.5 Å². The molecular weight excluding hydrogens is 434 g/mol. The Morgan fingerprint density at radius 2 is 1.97 bits per heavy atom. The van der Waals surface area contributed by atoms with Gasteiger partial charge >= 0.3 is 0 Å². The smallest absolute Gasteiger partial charge is 0.162 e. The Labute approximate surface area is 195 Å². The Kier molecular flexibility index (Phi) is 5.47. The van der Waals surface area contributed by atoms with Gasteiger partial charge in [-0.3, -0.25) is 9.48 Å². The topological polar surface area (TPSA) is 90.5 Å². The number of Topliss-reactive ketones (excluding diaryl/α,β-unsaturated/α-hetero) is 1.